The number of unbranched alkanes of at least 4 members (excludes halogenated alkanes) is 1. The van der Waals surface area contributed by atoms with Crippen LogP contribution < -0.4 is 5.32 Å². The molecule has 1 aromatic rings. The average molecular weight is 295 g/mol. The second kappa shape index (κ2) is 8.21. The molecule has 21 heavy (non-hydrogen) atoms. The fraction of sp³-hybridized carbons (Fsp3) is 0.500. The molecule has 0 atom stereocenters. The van der Waals surface area contributed by atoms with E-state index in [-0.39, 0.29) is 24.9 Å². The molecule has 116 valence electrons. The first-order chi connectivity index (χ1) is 9.99. The van der Waals surface area contributed by atoms with E-state index < -0.39 is 4.92 Å². The number of amides is 2. The van der Waals surface area contributed by atoms with E-state index >= 15 is 0 Å². The van der Waals surface area contributed by atoms with Gasteiger partial charge in [0.15, 0.2) is 0 Å². The van der Waals surface area contributed by atoms with Crippen LogP contribution in [-0.2, 0) is 0 Å². The van der Waals surface area contributed by atoms with Crippen molar-refractivity contribution < 1.29 is 14.8 Å². The predicted molar refractivity (Wildman–Crippen MR) is 80.4 cm³/mol. The van der Waals surface area contributed by atoms with Gasteiger partial charge in [0.1, 0.15) is 0 Å². The maximum Gasteiger partial charge on any atom is 0.321 e. The Hall–Kier alpha value is -2.15. The zero-order valence-corrected chi connectivity index (χ0v) is 12.3. The number of carbonyl (C=O) groups is 1. The van der Waals surface area contributed by atoms with E-state index in [0.717, 1.165) is 12.8 Å². The van der Waals surface area contributed by atoms with Crippen LogP contribution >= 0.6 is 0 Å². The van der Waals surface area contributed by atoms with Gasteiger partial charge in [-0.05, 0) is 19.4 Å². The van der Waals surface area contributed by atoms with Crippen molar-refractivity contribution in [3.05, 3.63) is 33.9 Å². The minimum Gasteiger partial charge on any atom is -0.395 e. The van der Waals surface area contributed by atoms with Gasteiger partial charge in [-0.15, -0.1) is 0 Å². The summed E-state index contributed by atoms with van der Waals surface area (Å²) < 4.78 is 0. The minimum atomic E-state index is -0.479. The number of nitrogens with one attached hydrogen (secondary N) is 1. The molecule has 2 N–H and O–H groups in total. The Labute approximate surface area is 123 Å². The first-order valence-corrected chi connectivity index (χ1v) is 6.91. The third-order valence-electron chi connectivity index (χ3n) is 3.10. The van der Waals surface area contributed by atoms with Gasteiger partial charge < -0.3 is 15.3 Å². The van der Waals surface area contributed by atoms with Gasteiger partial charge in [0.2, 0.25) is 0 Å². The maximum atomic E-state index is 12.1. The topological polar surface area (TPSA) is 95.7 Å². The van der Waals surface area contributed by atoms with Gasteiger partial charge in [0, 0.05) is 30.4 Å². The van der Waals surface area contributed by atoms with E-state index in [0.29, 0.717) is 17.8 Å². The molecule has 0 aliphatic rings. The molecule has 0 fully saturated rings. The molecule has 0 aliphatic heterocycles. The fourth-order valence-corrected chi connectivity index (χ4v) is 1.87. The number of hydrogen-bond donors (Lipinski definition) is 2. The lowest BCUT2D eigenvalue weighted by atomic mass is 10.2. The van der Waals surface area contributed by atoms with Crippen LogP contribution in [0.3, 0.4) is 0 Å². The van der Waals surface area contributed by atoms with Crippen molar-refractivity contribution in [2.75, 3.05) is 25.0 Å². The molecule has 1 aromatic carbocycles. The van der Waals surface area contributed by atoms with Crippen molar-refractivity contribution in [1.29, 1.82) is 0 Å². The molecular formula is C14H21N3O4. The number of aryl methyl sites for hydroxylation is 1. The van der Waals surface area contributed by atoms with E-state index in [9.17, 15) is 14.9 Å². The molecular weight excluding hydrogens is 274 g/mol. The van der Waals surface area contributed by atoms with Crippen LogP contribution in [0.1, 0.15) is 25.3 Å². The van der Waals surface area contributed by atoms with E-state index in [1.54, 1.807) is 19.1 Å². The molecule has 0 aliphatic carbocycles. The van der Waals surface area contributed by atoms with Crippen molar-refractivity contribution in [2.45, 2.75) is 26.7 Å². The molecule has 2 amide bonds. The summed E-state index contributed by atoms with van der Waals surface area (Å²) in [6.45, 7) is 4.31. The number of nitro benzene ring substituents is 1. The van der Waals surface area contributed by atoms with Crippen LogP contribution in [0.2, 0.25) is 0 Å². The predicted octanol–water partition coefficient (Wildman–Crippen LogP) is 2.53. The summed E-state index contributed by atoms with van der Waals surface area (Å²) in [4.78, 5) is 24.0. The number of carbonyl (C=O) groups excluding carboxylic acids is 1. The summed E-state index contributed by atoms with van der Waals surface area (Å²) in [5, 5.41) is 22.5. The van der Waals surface area contributed by atoms with E-state index in [2.05, 4.69) is 5.32 Å². The average Bonchev–Trinajstić information content (AvgIpc) is 2.45. The number of rotatable bonds is 7. The highest BCUT2D eigenvalue weighted by molar-refractivity contribution is 5.89. The van der Waals surface area contributed by atoms with E-state index in [1.165, 1.54) is 11.0 Å². The van der Waals surface area contributed by atoms with Gasteiger partial charge in [0.05, 0.1) is 11.5 Å². The zero-order valence-electron chi connectivity index (χ0n) is 12.3. The van der Waals surface area contributed by atoms with Crippen LogP contribution in [-0.4, -0.2) is 40.7 Å². The zero-order chi connectivity index (χ0) is 15.8. The summed E-state index contributed by atoms with van der Waals surface area (Å²) in [6.07, 6.45) is 1.77. The number of urea groups is 1. The quantitative estimate of drug-likeness (QED) is 0.596. The van der Waals surface area contributed by atoms with E-state index in [1.807, 2.05) is 6.92 Å². The number of aliphatic hydroxyl groups is 1. The molecule has 1 rings (SSSR count). The third-order valence-corrected chi connectivity index (χ3v) is 3.10. The second-order valence-electron chi connectivity index (χ2n) is 4.75. The summed E-state index contributed by atoms with van der Waals surface area (Å²) in [7, 11) is 0. The number of hydrogen-bond acceptors (Lipinski definition) is 4. The van der Waals surface area contributed by atoms with Gasteiger partial charge in [-0.2, -0.15) is 0 Å². The largest absolute Gasteiger partial charge is 0.395 e. The molecule has 0 spiro atoms. The molecule has 0 saturated heterocycles. The normalized spacial score (nSPS) is 10.2. The summed E-state index contributed by atoms with van der Waals surface area (Å²) in [5.41, 5.74) is 0.878. The lowest BCUT2D eigenvalue weighted by Gasteiger charge is -2.22. The van der Waals surface area contributed by atoms with Crippen molar-refractivity contribution in [1.82, 2.24) is 4.90 Å². The number of nitrogens with zero attached hydrogens (tertiary/aromatic N) is 2. The van der Waals surface area contributed by atoms with Gasteiger partial charge >= 0.3 is 6.03 Å². The van der Waals surface area contributed by atoms with Crippen LogP contribution in [0.15, 0.2) is 18.2 Å². The van der Waals surface area contributed by atoms with Gasteiger partial charge in [0.25, 0.3) is 5.69 Å². The summed E-state index contributed by atoms with van der Waals surface area (Å²) in [5.74, 6) is 0. The van der Waals surface area contributed by atoms with Crippen LogP contribution in [0.5, 0.6) is 0 Å². The lowest BCUT2D eigenvalue weighted by Crippen LogP contribution is -2.37. The summed E-state index contributed by atoms with van der Waals surface area (Å²) >= 11 is 0. The van der Waals surface area contributed by atoms with Crippen molar-refractivity contribution in [3.8, 4) is 0 Å². The summed E-state index contributed by atoms with van der Waals surface area (Å²) in [6, 6.07) is 4.19. The Morgan fingerprint density at radius 3 is 2.71 bits per heavy atom. The van der Waals surface area contributed by atoms with Gasteiger partial charge in [-0.3, -0.25) is 10.1 Å². The Bertz CT molecular complexity index is 505. The maximum absolute atomic E-state index is 12.1. The van der Waals surface area contributed by atoms with Crippen LogP contribution in [0.25, 0.3) is 0 Å². The molecule has 0 heterocycles. The SMILES string of the molecule is CCCCN(CCO)C(=O)Nc1ccc(C)c([N+](=O)[O-])c1. The first kappa shape index (κ1) is 16.9. The molecule has 0 aromatic heterocycles. The van der Waals surface area contributed by atoms with Gasteiger partial charge in [-0.1, -0.05) is 19.4 Å². The monoisotopic (exact) mass is 295 g/mol. The molecule has 0 bridgehead atoms. The first-order valence-electron chi connectivity index (χ1n) is 6.91. The van der Waals surface area contributed by atoms with E-state index in [4.69, 9.17) is 5.11 Å². The third kappa shape index (κ3) is 5.03. The second-order valence-corrected chi connectivity index (χ2v) is 4.75. The molecule has 0 unspecified atom stereocenters. The highest BCUT2D eigenvalue weighted by Gasteiger charge is 2.15. The van der Waals surface area contributed by atoms with Crippen molar-refractivity contribution in [2.24, 2.45) is 0 Å². The van der Waals surface area contributed by atoms with Crippen LogP contribution in [0.4, 0.5) is 16.2 Å². The highest BCUT2D eigenvalue weighted by atomic mass is 16.6. The minimum absolute atomic E-state index is 0.0323. The highest BCUT2D eigenvalue weighted by Crippen LogP contribution is 2.22. The Morgan fingerprint density at radius 2 is 2.14 bits per heavy atom. The van der Waals surface area contributed by atoms with Crippen molar-refractivity contribution >= 4 is 17.4 Å². The molecule has 7 nitrogen and oxygen atoms in total. The lowest BCUT2D eigenvalue weighted by molar-refractivity contribution is -0.385. The number of nitro groups is 1. The number of anilines is 1. The van der Waals surface area contributed by atoms with Crippen molar-refractivity contribution in [3.63, 3.8) is 0 Å². The molecule has 0 saturated carbocycles. The van der Waals surface area contributed by atoms with Gasteiger partial charge in [-0.25, -0.2) is 4.79 Å². The standard InChI is InChI=1S/C14H21N3O4/c1-3-4-7-16(8-9-18)14(19)15-12-6-5-11(2)13(10-12)17(20)21/h5-6,10,18H,3-4,7-9H2,1-2H3,(H,15,19). The van der Waals surface area contributed by atoms with Crippen LogP contribution in [0, 0.1) is 17.0 Å². The Morgan fingerprint density at radius 1 is 1.43 bits per heavy atom. The smallest absolute Gasteiger partial charge is 0.321 e. The number of benzene rings is 1. The Balaban J connectivity index is 2.80. The Kier molecular flexibility index (Phi) is 6.61. The fourth-order valence-electron chi connectivity index (χ4n) is 1.87. The molecule has 7 heteroatoms. The number of aliphatic hydroxyl groups excluding tert-OH is 1. The molecule has 0 radical (unpaired) electrons.